The second-order valence-corrected chi connectivity index (χ2v) is 11.8. The average Bonchev–Trinajstić information content (AvgIpc) is 3.55. The van der Waals surface area contributed by atoms with Gasteiger partial charge in [-0.1, -0.05) is 25.5 Å². The molecule has 0 amide bonds. The van der Waals surface area contributed by atoms with E-state index in [0.29, 0.717) is 36.5 Å². The smallest absolute Gasteiger partial charge is 0.306 e. The van der Waals surface area contributed by atoms with Crippen LogP contribution in [0.25, 0.3) is 0 Å². The van der Waals surface area contributed by atoms with Gasteiger partial charge in [-0.05, 0) is 73.8 Å². The number of ketones is 1. The van der Waals surface area contributed by atoms with Crippen LogP contribution < -0.4 is 0 Å². The van der Waals surface area contributed by atoms with Crippen LogP contribution in [-0.4, -0.2) is 23.5 Å². The summed E-state index contributed by atoms with van der Waals surface area (Å²) < 4.78 is 22.3. The second-order valence-electron chi connectivity index (χ2n) is 11.8. The molecule has 0 N–H and O–H groups in total. The molecule has 29 heavy (non-hydrogen) atoms. The normalized spacial score (nSPS) is 57.7. The number of carbonyl (C=O) groups excluding carboxylic acids is 2. The van der Waals surface area contributed by atoms with Crippen LogP contribution in [0.5, 0.6) is 0 Å². The predicted octanol–water partition coefficient (Wildman–Crippen LogP) is 4.56. The van der Waals surface area contributed by atoms with E-state index in [1.54, 1.807) is 6.08 Å². The molecule has 9 atom stereocenters. The van der Waals surface area contributed by atoms with Gasteiger partial charge < -0.3 is 4.74 Å². The van der Waals surface area contributed by atoms with Crippen molar-refractivity contribution in [1.29, 1.82) is 0 Å². The molecule has 4 heteroatoms. The molecule has 154 valence electrons. The minimum absolute atomic E-state index is 0.0593. The second kappa shape index (κ2) is 4.73. The summed E-state index contributed by atoms with van der Waals surface area (Å²) in [6.45, 7) is 4.44. The van der Waals surface area contributed by atoms with E-state index in [1.165, 1.54) is 5.57 Å². The Morgan fingerprint density at radius 3 is 2.55 bits per heavy atom. The Bertz CT molecular complexity index is 930. The summed E-state index contributed by atoms with van der Waals surface area (Å²) in [5.41, 5.74) is 0.328. The lowest BCUT2D eigenvalue weighted by Gasteiger charge is -2.62. The van der Waals surface area contributed by atoms with Gasteiger partial charge >= 0.3 is 5.97 Å². The molecule has 1 aliphatic heterocycles. The predicted molar refractivity (Wildman–Crippen MR) is 104 cm³/mol. The molecule has 0 aromatic carbocycles. The first-order valence-electron chi connectivity index (χ1n) is 11.6. The van der Waals surface area contributed by atoms with Crippen molar-refractivity contribution in [1.82, 2.24) is 0 Å². The monoisotopic (exact) mass is 396 g/mol. The zero-order chi connectivity index (χ0) is 20.0. The highest BCUT2D eigenvalue weighted by molar-refractivity contribution is 6.01. The number of halogens is 1. The number of fused-ring (bicyclic) bond motifs is 10. The zero-order valence-corrected chi connectivity index (χ0v) is 17.2. The van der Waals surface area contributed by atoms with Crippen molar-refractivity contribution in [2.75, 3.05) is 0 Å². The van der Waals surface area contributed by atoms with Gasteiger partial charge in [-0.2, -0.15) is 0 Å². The molecule has 2 spiro atoms. The van der Waals surface area contributed by atoms with E-state index in [4.69, 9.17) is 4.74 Å². The molecule has 4 unspecified atom stereocenters. The molecule has 0 aromatic heterocycles. The largest absolute Gasteiger partial charge is 0.458 e. The van der Waals surface area contributed by atoms with Crippen LogP contribution in [0.3, 0.4) is 0 Å². The van der Waals surface area contributed by atoms with Gasteiger partial charge in [0.15, 0.2) is 5.78 Å². The van der Waals surface area contributed by atoms with Crippen LogP contribution in [0.1, 0.15) is 58.8 Å². The molecule has 1 heterocycles. The minimum atomic E-state index is -0.919. The maximum Gasteiger partial charge on any atom is 0.306 e. The van der Waals surface area contributed by atoms with Crippen molar-refractivity contribution in [3.8, 4) is 0 Å². The van der Waals surface area contributed by atoms with Gasteiger partial charge in [-0.15, -0.1) is 0 Å². The van der Waals surface area contributed by atoms with Gasteiger partial charge in [-0.3, -0.25) is 9.59 Å². The molecule has 0 radical (unpaired) electrons. The highest BCUT2D eigenvalue weighted by Crippen LogP contribution is 2.81. The van der Waals surface area contributed by atoms with Crippen LogP contribution >= 0.6 is 0 Å². The lowest BCUT2D eigenvalue weighted by Crippen LogP contribution is -2.61. The van der Waals surface area contributed by atoms with Gasteiger partial charge in [0.1, 0.15) is 11.8 Å². The number of hydrogen-bond acceptors (Lipinski definition) is 3. The third-order valence-electron chi connectivity index (χ3n) is 10.7. The third kappa shape index (κ3) is 1.75. The van der Waals surface area contributed by atoms with Crippen LogP contribution in [0.15, 0.2) is 23.8 Å². The molecule has 6 fully saturated rings. The molecular weight excluding hydrogens is 367 g/mol. The summed E-state index contributed by atoms with van der Waals surface area (Å²) >= 11 is 0. The number of esters is 1. The molecule has 6 aliphatic carbocycles. The molecular formula is C25H29FO3. The minimum Gasteiger partial charge on any atom is -0.458 e. The first-order valence-corrected chi connectivity index (χ1v) is 11.6. The Balaban J connectivity index is 1.37. The van der Waals surface area contributed by atoms with E-state index in [0.717, 1.165) is 32.1 Å². The van der Waals surface area contributed by atoms with E-state index in [2.05, 4.69) is 13.8 Å². The summed E-state index contributed by atoms with van der Waals surface area (Å²) in [5, 5.41) is 0. The first-order chi connectivity index (χ1) is 13.7. The Morgan fingerprint density at radius 1 is 1.07 bits per heavy atom. The van der Waals surface area contributed by atoms with E-state index >= 15 is 4.39 Å². The number of ether oxygens (including phenoxy) is 1. The van der Waals surface area contributed by atoms with E-state index in [9.17, 15) is 9.59 Å². The Kier molecular flexibility index (Phi) is 2.81. The molecule has 5 saturated carbocycles. The SMILES string of the molecule is C[C@]12C=CC(=O)C=C1C1(CC1)CC1C2[C@@H](F)C[C@@]2(C)C1[C@@H]1CC1[C@@]21CCC(=O)O1. The molecule has 7 aliphatic rings. The molecule has 0 aromatic rings. The van der Waals surface area contributed by atoms with E-state index < -0.39 is 11.8 Å². The molecule has 7 rings (SSSR count). The van der Waals surface area contributed by atoms with Crippen LogP contribution in [0.2, 0.25) is 0 Å². The van der Waals surface area contributed by atoms with Gasteiger partial charge in [0.2, 0.25) is 0 Å². The van der Waals surface area contributed by atoms with Crippen LogP contribution in [0.4, 0.5) is 4.39 Å². The fourth-order valence-electron chi connectivity index (χ4n) is 9.67. The summed E-state index contributed by atoms with van der Waals surface area (Å²) in [6.07, 6.45) is 10.9. The maximum atomic E-state index is 16.2. The summed E-state index contributed by atoms with van der Waals surface area (Å²) in [7, 11) is 0. The fourth-order valence-corrected chi connectivity index (χ4v) is 9.67. The van der Waals surface area contributed by atoms with E-state index in [-0.39, 0.29) is 33.9 Å². The number of hydrogen-bond donors (Lipinski definition) is 0. The Hall–Kier alpha value is -1.45. The topological polar surface area (TPSA) is 43.4 Å². The van der Waals surface area contributed by atoms with E-state index in [1.807, 2.05) is 12.2 Å². The van der Waals surface area contributed by atoms with Crippen molar-refractivity contribution < 1.29 is 18.7 Å². The maximum absolute atomic E-state index is 16.2. The highest BCUT2D eigenvalue weighted by Gasteiger charge is 2.81. The molecule has 0 bridgehead atoms. The number of carbonyl (C=O) groups is 2. The number of alkyl halides is 1. The Labute approximate surface area is 171 Å². The summed E-state index contributed by atoms with van der Waals surface area (Å²) in [4.78, 5) is 24.4. The first kappa shape index (κ1) is 17.3. The summed E-state index contributed by atoms with van der Waals surface area (Å²) in [5.74, 6) is 1.72. The van der Waals surface area contributed by atoms with Gasteiger partial charge in [0.05, 0.1) is 0 Å². The lowest BCUT2D eigenvalue weighted by molar-refractivity contribution is -0.186. The van der Waals surface area contributed by atoms with Gasteiger partial charge in [0, 0.05) is 29.1 Å². The van der Waals surface area contributed by atoms with Crippen LogP contribution in [0, 0.1) is 45.8 Å². The van der Waals surface area contributed by atoms with Crippen molar-refractivity contribution in [3.63, 3.8) is 0 Å². The third-order valence-corrected chi connectivity index (χ3v) is 10.7. The summed E-state index contributed by atoms with van der Waals surface area (Å²) in [6, 6.07) is 0. The standard InChI is InChI=1S/C25H29FO3/c1-22-5-3-13(27)9-18(22)24(7-8-24)11-15-20-14-10-16(14)25(6-4-19(28)29-25)23(20,2)12-17(26)21(15)22/h3,5,9,14-17,20-21H,4,6-8,10-12H2,1-2H3/t14-,15?,16?,17+,20?,21?,22+,23+,25+/m1/s1. The number of rotatable bonds is 0. The number of allylic oxidation sites excluding steroid dienone is 4. The van der Waals surface area contributed by atoms with Crippen LogP contribution in [-0.2, 0) is 14.3 Å². The fraction of sp³-hybridized carbons (Fsp3) is 0.760. The van der Waals surface area contributed by atoms with Crippen molar-refractivity contribution in [2.45, 2.75) is 70.6 Å². The highest BCUT2D eigenvalue weighted by atomic mass is 19.1. The van der Waals surface area contributed by atoms with Crippen molar-refractivity contribution >= 4 is 11.8 Å². The average molecular weight is 397 g/mol. The van der Waals surface area contributed by atoms with Crippen molar-refractivity contribution in [3.05, 3.63) is 23.8 Å². The lowest BCUT2D eigenvalue weighted by atomic mass is 9.43. The van der Waals surface area contributed by atoms with Crippen molar-refractivity contribution in [2.24, 2.45) is 45.8 Å². The molecule has 1 saturated heterocycles. The van der Waals surface area contributed by atoms with Gasteiger partial charge in [-0.25, -0.2) is 4.39 Å². The van der Waals surface area contributed by atoms with Gasteiger partial charge in [0.25, 0.3) is 0 Å². The quantitative estimate of drug-likeness (QED) is 0.564. The zero-order valence-electron chi connectivity index (χ0n) is 17.2. The Morgan fingerprint density at radius 2 is 1.86 bits per heavy atom. The molecule has 3 nitrogen and oxygen atoms in total.